The monoisotopic (exact) mass is 360 g/mol. The largest absolute Gasteiger partial charge is 0.250 e. The smallest absolute Gasteiger partial charge is 0.216 e. The lowest BCUT2D eigenvalue weighted by Gasteiger charge is -2.08. The number of hydrogen-bond donors (Lipinski definition) is 1. The quantitative estimate of drug-likeness (QED) is 0.569. The van der Waals surface area contributed by atoms with Crippen LogP contribution in [0.15, 0.2) is 23.3 Å². The zero-order chi connectivity index (χ0) is 17.4. The minimum Gasteiger partial charge on any atom is -0.250 e. The Morgan fingerprint density at radius 2 is 2.00 bits per heavy atom. The van der Waals surface area contributed by atoms with Crippen molar-refractivity contribution in [2.24, 2.45) is 5.10 Å². The number of H-pyrrole nitrogens is 1. The van der Waals surface area contributed by atoms with E-state index in [4.69, 9.17) is 23.8 Å². The van der Waals surface area contributed by atoms with Crippen molar-refractivity contribution in [2.45, 2.75) is 27.7 Å². The van der Waals surface area contributed by atoms with Gasteiger partial charge >= 0.3 is 0 Å². The fraction of sp³-hybridized carbons (Fsp3) is 0.250. The van der Waals surface area contributed by atoms with Crippen LogP contribution in [-0.2, 0) is 0 Å². The lowest BCUT2D eigenvalue weighted by atomic mass is 10.1. The van der Waals surface area contributed by atoms with Crippen molar-refractivity contribution in [3.05, 3.63) is 56.3 Å². The molecule has 0 unspecified atom stereocenters. The van der Waals surface area contributed by atoms with Crippen molar-refractivity contribution < 1.29 is 0 Å². The first-order valence-corrected chi connectivity index (χ1v) is 8.18. The van der Waals surface area contributed by atoms with Gasteiger partial charge in [0.05, 0.1) is 23.2 Å². The average molecular weight is 361 g/mol. The van der Waals surface area contributed by atoms with Crippen LogP contribution >= 0.6 is 23.8 Å². The summed E-state index contributed by atoms with van der Waals surface area (Å²) in [6.07, 6.45) is 1.66. The maximum Gasteiger partial charge on any atom is 0.216 e. The maximum absolute atomic E-state index is 6.56. The third-order valence-corrected chi connectivity index (χ3v) is 4.38. The number of aromatic amines is 1. The van der Waals surface area contributed by atoms with Gasteiger partial charge in [-0.1, -0.05) is 23.7 Å². The predicted molar refractivity (Wildman–Crippen MR) is 97.9 cm³/mol. The lowest BCUT2D eigenvalue weighted by Crippen LogP contribution is -2.00. The number of aromatic nitrogens is 5. The molecule has 0 amide bonds. The van der Waals surface area contributed by atoms with Gasteiger partial charge in [-0.3, -0.25) is 5.10 Å². The van der Waals surface area contributed by atoms with Crippen molar-refractivity contribution >= 4 is 30.0 Å². The Balaban J connectivity index is 2.07. The molecular weight excluding hydrogens is 344 g/mol. The summed E-state index contributed by atoms with van der Waals surface area (Å²) in [5, 5.41) is 16.2. The Morgan fingerprint density at radius 1 is 1.25 bits per heavy atom. The van der Waals surface area contributed by atoms with Gasteiger partial charge in [-0.25, -0.2) is 4.68 Å². The van der Waals surface area contributed by atoms with Gasteiger partial charge in [-0.2, -0.15) is 20.0 Å². The summed E-state index contributed by atoms with van der Waals surface area (Å²) in [5.74, 6) is 0.673. The Morgan fingerprint density at radius 3 is 2.67 bits per heavy atom. The summed E-state index contributed by atoms with van der Waals surface area (Å²) < 4.78 is 3.71. The van der Waals surface area contributed by atoms with Crippen LogP contribution in [0.1, 0.15) is 28.2 Å². The van der Waals surface area contributed by atoms with E-state index >= 15 is 0 Å². The van der Waals surface area contributed by atoms with Crippen LogP contribution in [0.4, 0.5) is 0 Å². The van der Waals surface area contributed by atoms with Gasteiger partial charge in [0.15, 0.2) is 0 Å². The van der Waals surface area contributed by atoms with Crippen LogP contribution in [0, 0.1) is 32.5 Å². The minimum absolute atomic E-state index is 0.430. The normalized spacial score (nSPS) is 11.5. The zero-order valence-corrected chi connectivity index (χ0v) is 15.4. The molecule has 0 saturated heterocycles. The molecule has 0 saturated carbocycles. The Hall–Kier alpha value is -2.25. The summed E-state index contributed by atoms with van der Waals surface area (Å²) in [4.78, 5) is 0. The minimum atomic E-state index is 0.430. The predicted octanol–water partition coefficient (Wildman–Crippen LogP) is 3.90. The molecule has 3 rings (SSSR count). The number of rotatable bonds is 3. The van der Waals surface area contributed by atoms with E-state index in [1.807, 2.05) is 27.7 Å². The molecule has 0 spiro atoms. The van der Waals surface area contributed by atoms with Crippen LogP contribution in [-0.4, -0.2) is 30.9 Å². The molecule has 124 valence electrons. The van der Waals surface area contributed by atoms with Gasteiger partial charge in [0.25, 0.3) is 0 Å². The van der Waals surface area contributed by atoms with Gasteiger partial charge in [-0.05, 0) is 57.1 Å². The summed E-state index contributed by atoms with van der Waals surface area (Å²) in [5.41, 5.74) is 4.74. The highest BCUT2D eigenvalue weighted by molar-refractivity contribution is 7.71. The fourth-order valence-corrected chi connectivity index (χ4v) is 2.93. The van der Waals surface area contributed by atoms with Crippen molar-refractivity contribution in [1.29, 1.82) is 0 Å². The van der Waals surface area contributed by atoms with Gasteiger partial charge in [0.1, 0.15) is 11.0 Å². The molecule has 0 aliphatic rings. The first-order valence-electron chi connectivity index (χ1n) is 7.39. The van der Waals surface area contributed by atoms with Gasteiger partial charge in [-0.15, -0.1) is 0 Å². The summed E-state index contributed by atoms with van der Waals surface area (Å²) in [7, 11) is 0. The lowest BCUT2D eigenvalue weighted by molar-refractivity contribution is 0.820. The highest BCUT2D eigenvalue weighted by atomic mass is 35.5. The van der Waals surface area contributed by atoms with Gasteiger partial charge in [0, 0.05) is 0 Å². The summed E-state index contributed by atoms with van der Waals surface area (Å²) in [6, 6.07) is 6.18. The number of aryl methyl sites for hydroxylation is 4. The van der Waals surface area contributed by atoms with Crippen molar-refractivity contribution in [3.63, 3.8) is 0 Å². The highest BCUT2D eigenvalue weighted by Crippen LogP contribution is 2.25. The third-order valence-electron chi connectivity index (χ3n) is 3.76. The van der Waals surface area contributed by atoms with Crippen molar-refractivity contribution in [2.75, 3.05) is 0 Å². The van der Waals surface area contributed by atoms with Gasteiger partial charge in [0.2, 0.25) is 4.77 Å². The zero-order valence-electron chi connectivity index (χ0n) is 13.8. The van der Waals surface area contributed by atoms with E-state index in [0.29, 0.717) is 15.7 Å². The van der Waals surface area contributed by atoms with Crippen LogP contribution in [0.2, 0.25) is 5.15 Å². The van der Waals surface area contributed by atoms with E-state index in [0.717, 1.165) is 28.1 Å². The van der Waals surface area contributed by atoms with Crippen molar-refractivity contribution in [1.82, 2.24) is 24.7 Å². The van der Waals surface area contributed by atoms with Crippen LogP contribution in [0.5, 0.6) is 0 Å². The number of nitrogens with one attached hydrogen (secondary N) is 1. The van der Waals surface area contributed by atoms with E-state index < -0.39 is 0 Å². The molecule has 1 aromatic carbocycles. The second-order valence-electron chi connectivity index (χ2n) is 5.62. The maximum atomic E-state index is 6.56. The first-order chi connectivity index (χ1) is 11.4. The summed E-state index contributed by atoms with van der Waals surface area (Å²) >= 11 is 11.7. The van der Waals surface area contributed by atoms with Crippen LogP contribution in [0.3, 0.4) is 0 Å². The summed E-state index contributed by atoms with van der Waals surface area (Å²) in [6.45, 7) is 7.79. The van der Waals surface area contributed by atoms with Crippen LogP contribution in [0.25, 0.3) is 5.69 Å². The second-order valence-corrected chi connectivity index (χ2v) is 6.37. The second kappa shape index (κ2) is 6.33. The number of nitrogens with zero attached hydrogens (tertiary/aromatic N) is 5. The highest BCUT2D eigenvalue weighted by Gasteiger charge is 2.15. The molecule has 6 nitrogen and oxygen atoms in total. The molecule has 0 bridgehead atoms. The molecule has 8 heteroatoms. The van der Waals surface area contributed by atoms with E-state index in [1.165, 1.54) is 0 Å². The molecule has 0 radical (unpaired) electrons. The Bertz CT molecular complexity index is 995. The van der Waals surface area contributed by atoms with E-state index in [9.17, 15) is 0 Å². The number of hydrogen-bond acceptors (Lipinski definition) is 4. The first kappa shape index (κ1) is 16.6. The Labute approximate surface area is 149 Å². The molecule has 24 heavy (non-hydrogen) atoms. The molecule has 2 heterocycles. The van der Waals surface area contributed by atoms with Crippen LogP contribution < -0.4 is 0 Å². The molecule has 1 N–H and O–H groups in total. The molecule has 0 atom stereocenters. The Kier molecular flexibility index (Phi) is 4.38. The molecule has 2 aromatic heterocycles. The van der Waals surface area contributed by atoms with E-state index in [1.54, 1.807) is 15.6 Å². The SMILES string of the molecule is Cc1ccc(C)c(-n2nc(C)c(/C=N/n3c(C)n[nH]c3=S)c2Cl)c1. The standard InChI is InChI=1S/C16H17ClN6S/c1-9-5-6-10(2)14(7-9)23-15(17)13(11(3)21-23)8-18-22-12(4)19-20-16(22)24/h5-8H,1-4H3,(H,20,24)/b18-8+. The molecule has 0 fully saturated rings. The topological polar surface area (TPSA) is 63.8 Å². The van der Waals surface area contributed by atoms with E-state index in [2.05, 4.69) is 38.6 Å². The fourth-order valence-electron chi connectivity index (χ4n) is 2.39. The average Bonchev–Trinajstić information content (AvgIpc) is 3.00. The third kappa shape index (κ3) is 2.92. The van der Waals surface area contributed by atoms with Crippen molar-refractivity contribution in [3.8, 4) is 5.69 Å². The molecule has 3 aromatic rings. The molecule has 0 aliphatic carbocycles. The number of benzene rings is 1. The molecule has 0 aliphatic heterocycles. The number of halogens is 1. The van der Waals surface area contributed by atoms with Gasteiger partial charge < -0.3 is 0 Å². The molecular formula is C16H17ClN6S. The van der Waals surface area contributed by atoms with E-state index in [-0.39, 0.29) is 0 Å².